The number of nitrogens with zero attached hydrogens (tertiary/aromatic N) is 2. The van der Waals surface area contributed by atoms with Crippen molar-refractivity contribution in [1.82, 2.24) is 9.55 Å². The Kier molecular flexibility index (Phi) is 4.95. The number of anilines is 1. The lowest BCUT2D eigenvalue weighted by atomic mass is 10.1. The van der Waals surface area contributed by atoms with E-state index in [1.807, 2.05) is 0 Å². The molecule has 124 valence electrons. The van der Waals surface area contributed by atoms with E-state index in [4.69, 9.17) is 16.6 Å². The molecule has 0 aliphatic carbocycles. The lowest BCUT2D eigenvalue weighted by Crippen LogP contribution is -2.21. The molecule has 0 saturated carbocycles. The Balaban J connectivity index is 2.16. The fourth-order valence-corrected chi connectivity index (χ4v) is 1.75. The summed E-state index contributed by atoms with van der Waals surface area (Å²) in [6.45, 7) is 0. The maximum absolute atomic E-state index is 13.1. The Morgan fingerprint density at radius 1 is 1.29 bits per heavy atom. The zero-order chi connectivity index (χ0) is 17.7. The van der Waals surface area contributed by atoms with Crippen LogP contribution < -0.4 is 16.8 Å². The number of amides is 1. The quantitative estimate of drug-likeness (QED) is 0.476. The molecule has 1 aromatic carbocycles. The molecule has 0 aliphatic heterocycles. The van der Waals surface area contributed by atoms with Crippen LogP contribution in [0.15, 0.2) is 54.8 Å². The molecule has 0 atom stereocenters. The molecule has 2 rings (SSSR count). The number of carbonyl (C=O) groups excluding carboxylic acids is 1. The highest BCUT2D eigenvalue weighted by atomic mass is 19.1. The number of rotatable bonds is 5. The van der Waals surface area contributed by atoms with E-state index in [9.17, 15) is 14.0 Å². The largest absolute Gasteiger partial charge is 0.478 e. The van der Waals surface area contributed by atoms with Gasteiger partial charge in [0.2, 0.25) is 0 Å². The summed E-state index contributed by atoms with van der Waals surface area (Å²) >= 11 is 0. The number of aromatic nitrogens is 2. The van der Waals surface area contributed by atoms with Crippen molar-refractivity contribution in [3.8, 4) is 0 Å². The summed E-state index contributed by atoms with van der Waals surface area (Å²) < 4.78 is 14.6. The predicted molar refractivity (Wildman–Crippen MR) is 84.9 cm³/mol. The summed E-state index contributed by atoms with van der Waals surface area (Å²) in [4.78, 5) is 26.9. The van der Waals surface area contributed by atoms with Crippen molar-refractivity contribution in [3.05, 3.63) is 66.1 Å². The number of aromatic carboxylic acids is 1. The van der Waals surface area contributed by atoms with Crippen LogP contribution in [0.25, 0.3) is 5.82 Å². The third kappa shape index (κ3) is 3.97. The Morgan fingerprint density at radius 2 is 2.04 bits per heavy atom. The smallest absolute Gasteiger partial charge is 0.337 e. The van der Waals surface area contributed by atoms with Crippen molar-refractivity contribution in [2.45, 2.75) is 0 Å². The van der Waals surface area contributed by atoms with Crippen molar-refractivity contribution in [2.24, 2.45) is 11.5 Å². The topological polar surface area (TPSA) is 136 Å². The molecule has 8 nitrogen and oxygen atoms in total. The first-order valence-corrected chi connectivity index (χ1v) is 6.64. The standard InChI is InChI=1S/C15H14FN5O3/c16-9-1-3-12(10(7-9)15(23)24)20-14(22)11(17)2-4-13(18)21-6-5-19-8-21/h1-8H,17-18H2,(H,20,22)(H,23,24)/b11-2-,13-4+. The van der Waals surface area contributed by atoms with Crippen molar-refractivity contribution >= 4 is 23.4 Å². The molecule has 0 fully saturated rings. The van der Waals surface area contributed by atoms with Crippen LogP contribution in [-0.2, 0) is 4.79 Å². The first kappa shape index (κ1) is 16.7. The van der Waals surface area contributed by atoms with Crippen LogP contribution in [0.4, 0.5) is 10.1 Å². The number of halogens is 1. The van der Waals surface area contributed by atoms with Crippen molar-refractivity contribution < 1.29 is 19.1 Å². The second-order valence-corrected chi connectivity index (χ2v) is 4.63. The van der Waals surface area contributed by atoms with Crippen LogP contribution in [0.5, 0.6) is 0 Å². The molecule has 9 heteroatoms. The Labute approximate surface area is 135 Å². The van der Waals surface area contributed by atoms with E-state index in [1.54, 1.807) is 6.20 Å². The molecule has 24 heavy (non-hydrogen) atoms. The molecule has 2 aromatic rings. The summed E-state index contributed by atoms with van der Waals surface area (Å²) in [6, 6.07) is 2.97. The van der Waals surface area contributed by atoms with E-state index in [2.05, 4.69) is 10.3 Å². The monoisotopic (exact) mass is 331 g/mol. The summed E-state index contributed by atoms with van der Waals surface area (Å²) in [6.07, 6.45) is 7.25. The second-order valence-electron chi connectivity index (χ2n) is 4.63. The Morgan fingerprint density at radius 3 is 2.67 bits per heavy atom. The summed E-state index contributed by atoms with van der Waals surface area (Å²) in [7, 11) is 0. The van der Waals surface area contributed by atoms with Gasteiger partial charge in [0, 0.05) is 12.4 Å². The number of nitrogens with two attached hydrogens (primary N) is 2. The highest BCUT2D eigenvalue weighted by molar-refractivity contribution is 6.07. The van der Waals surface area contributed by atoms with Gasteiger partial charge in [-0.05, 0) is 30.4 Å². The minimum absolute atomic E-state index is 0.0724. The minimum atomic E-state index is -1.38. The van der Waals surface area contributed by atoms with Crippen LogP contribution in [0.1, 0.15) is 10.4 Å². The van der Waals surface area contributed by atoms with Crippen molar-refractivity contribution in [3.63, 3.8) is 0 Å². The molecule has 0 bridgehead atoms. The van der Waals surface area contributed by atoms with Crippen LogP contribution >= 0.6 is 0 Å². The molecule has 1 aromatic heterocycles. The molecule has 1 heterocycles. The second kappa shape index (κ2) is 7.09. The average Bonchev–Trinajstić information content (AvgIpc) is 3.08. The SMILES string of the molecule is N/C(=C\C=C(/N)n1ccnc1)C(=O)Nc1ccc(F)cc1C(=O)O. The number of benzene rings is 1. The number of carbonyl (C=O) groups is 2. The number of allylic oxidation sites excluding steroid dienone is 2. The van der Waals surface area contributed by atoms with Crippen molar-refractivity contribution in [2.75, 3.05) is 5.32 Å². The van der Waals surface area contributed by atoms with Gasteiger partial charge in [0.15, 0.2) is 0 Å². The molecule has 6 N–H and O–H groups in total. The van der Waals surface area contributed by atoms with E-state index in [1.165, 1.54) is 29.2 Å². The predicted octanol–water partition coefficient (Wildman–Crippen LogP) is 0.959. The number of hydrogen-bond donors (Lipinski definition) is 4. The van der Waals surface area contributed by atoms with Crippen LogP contribution in [0.2, 0.25) is 0 Å². The fourth-order valence-electron chi connectivity index (χ4n) is 1.75. The van der Waals surface area contributed by atoms with E-state index >= 15 is 0 Å². The van der Waals surface area contributed by atoms with Crippen LogP contribution in [0, 0.1) is 5.82 Å². The highest BCUT2D eigenvalue weighted by Crippen LogP contribution is 2.17. The minimum Gasteiger partial charge on any atom is -0.478 e. The molecular formula is C15H14FN5O3. The number of imidazole rings is 1. The Bertz CT molecular complexity index is 828. The average molecular weight is 331 g/mol. The van der Waals surface area contributed by atoms with Crippen LogP contribution in [0.3, 0.4) is 0 Å². The van der Waals surface area contributed by atoms with Crippen molar-refractivity contribution in [1.29, 1.82) is 0 Å². The van der Waals surface area contributed by atoms with Gasteiger partial charge in [-0.2, -0.15) is 0 Å². The zero-order valence-electron chi connectivity index (χ0n) is 12.3. The summed E-state index contributed by atoms with van der Waals surface area (Å²) in [5.41, 5.74) is 10.7. The first-order valence-electron chi connectivity index (χ1n) is 6.64. The van der Waals surface area contributed by atoms with Gasteiger partial charge in [0.1, 0.15) is 18.0 Å². The molecule has 0 radical (unpaired) electrons. The maximum Gasteiger partial charge on any atom is 0.337 e. The third-order valence-corrected chi connectivity index (χ3v) is 2.96. The molecule has 1 amide bonds. The number of hydrogen-bond acceptors (Lipinski definition) is 5. The van der Waals surface area contributed by atoms with Gasteiger partial charge < -0.3 is 21.9 Å². The summed E-state index contributed by atoms with van der Waals surface area (Å²) in [5, 5.41) is 11.3. The molecule has 0 unspecified atom stereocenters. The highest BCUT2D eigenvalue weighted by Gasteiger charge is 2.14. The summed E-state index contributed by atoms with van der Waals surface area (Å²) in [5.74, 6) is -2.59. The van der Waals surface area contributed by atoms with E-state index in [0.29, 0.717) is 0 Å². The van der Waals surface area contributed by atoms with Gasteiger partial charge in [0.05, 0.1) is 16.9 Å². The van der Waals surface area contributed by atoms with E-state index < -0.39 is 17.7 Å². The van der Waals surface area contributed by atoms with E-state index in [-0.39, 0.29) is 22.8 Å². The zero-order valence-corrected chi connectivity index (χ0v) is 12.3. The molecule has 0 spiro atoms. The van der Waals surface area contributed by atoms with Gasteiger partial charge in [-0.25, -0.2) is 14.2 Å². The number of carboxylic acid groups (broad SMARTS) is 1. The number of carboxylic acids is 1. The Hall–Kier alpha value is -3.62. The van der Waals surface area contributed by atoms with Gasteiger partial charge in [-0.15, -0.1) is 0 Å². The lowest BCUT2D eigenvalue weighted by Gasteiger charge is -2.08. The lowest BCUT2D eigenvalue weighted by molar-refractivity contribution is -0.112. The normalized spacial score (nSPS) is 12.0. The van der Waals surface area contributed by atoms with Gasteiger partial charge >= 0.3 is 5.97 Å². The van der Waals surface area contributed by atoms with Crippen LogP contribution in [-0.4, -0.2) is 26.5 Å². The maximum atomic E-state index is 13.1. The fraction of sp³-hybridized carbons (Fsp3) is 0. The first-order chi connectivity index (χ1) is 11.4. The third-order valence-electron chi connectivity index (χ3n) is 2.96. The van der Waals surface area contributed by atoms with Gasteiger partial charge in [-0.3, -0.25) is 9.36 Å². The molecule has 0 saturated heterocycles. The van der Waals surface area contributed by atoms with E-state index in [0.717, 1.165) is 18.2 Å². The number of nitrogens with one attached hydrogen (secondary N) is 1. The van der Waals surface area contributed by atoms with Gasteiger partial charge in [0.25, 0.3) is 5.91 Å². The molecular weight excluding hydrogens is 317 g/mol. The van der Waals surface area contributed by atoms with Gasteiger partial charge in [-0.1, -0.05) is 0 Å². The molecule has 0 aliphatic rings.